The molecule has 0 unspecified atom stereocenters. The first-order valence-electron chi connectivity index (χ1n) is 10.3. The number of fused-ring (bicyclic) bond motifs is 1. The number of para-hydroxylation sites is 1. The number of aryl methyl sites for hydroxylation is 1. The molecule has 1 N–H and O–H groups in total. The Morgan fingerprint density at radius 3 is 2.70 bits per heavy atom. The van der Waals surface area contributed by atoms with Gasteiger partial charge in [0.1, 0.15) is 12.4 Å². The third-order valence-corrected chi connectivity index (χ3v) is 6.05. The van der Waals surface area contributed by atoms with Gasteiger partial charge in [0.15, 0.2) is 0 Å². The van der Waals surface area contributed by atoms with E-state index in [4.69, 9.17) is 4.74 Å². The Bertz CT molecular complexity index is 665. The highest BCUT2D eigenvalue weighted by atomic mass is 16.5. The number of carbonyl (C=O) groups excluding carboxylic acids is 2. The largest absolute Gasteiger partial charge is 0.491 e. The van der Waals surface area contributed by atoms with Crippen LogP contribution in [0.4, 0.5) is 0 Å². The van der Waals surface area contributed by atoms with Gasteiger partial charge < -0.3 is 15.0 Å². The Kier molecular flexibility index (Phi) is 6.40. The lowest BCUT2D eigenvalue weighted by Crippen LogP contribution is -2.52. The first-order valence-corrected chi connectivity index (χ1v) is 10.3. The maximum absolute atomic E-state index is 13.1. The highest BCUT2D eigenvalue weighted by molar-refractivity contribution is 5.83. The molecule has 0 aromatic heterocycles. The van der Waals surface area contributed by atoms with Gasteiger partial charge in [0.05, 0.1) is 11.5 Å². The van der Waals surface area contributed by atoms with E-state index in [-0.39, 0.29) is 23.3 Å². The van der Waals surface area contributed by atoms with E-state index in [0.717, 1.165) is 44.3 Å². The fourth-order valence-corrected chi connectivity index (χ4v) is 4.26. The predicted octanol–water partition coefficient (Wildman–Crippen LogP) is 3.32. The van der Waals surface area contributed by atoms with Crippen molar-refractivity contribution in [2.24, 2.45) is 5.41 Å². The number of likely N-dealkylation sites (tertiary alicyclic amines) is 1. The van der Waals surface area contributed by atoms with Crippen molar-refractivity contribution < 1.29 is 14.3 Å². The average Bonchev–Trinajstić information content (AvgIpc) is 2.69. The summed E-state index contributed by atoms with van der Waals surface area (Å²) in [4.78, 5) is 27.1. The van der Waals surface area contributed by atoms with Gasteiger partial charge in [0.2, 0.25) is 11.8 Å². The number of ether oxygens (including phenoxy) is 1. The van der Waals surface area contributed by atoms with Crippen LogP contribution >= 0.6 is 0 Å². The maximum Gasteiger partial charge on any atom is 0.226 e. The molecule has 1 aromatic rings. The zero-order chi connectivity index (χ0) is 19.3. The summed E-state index contributed by atoms with van der Waals surface area (Å²) in [7, 11) is 0. The van der Waals surface area contributed by atoms with Gasteiger partial charge in [-0.15, -0.1) is 0 Å². The third-order valence-electron chi connectivity index (χ3n) is 6.05. The molecule has 1 fully saturated rings. The summed E-state index contributed by atoms with van der Waals surface area (Å²) in [6.45, 7) is 5.74. The number of hydrogen-bond donors (Lipinski definition) is 1. The van der Waals surface area contributed by atoms with Crippen LogP contribution in [0, 0.1) is 5.41 Å². The lowest BCUT2D eigenvalue weighted by Gasteiger charge is -2.41. The van der Waals surface area contributed by atoms with Crippen LogP contribution in [0.25, 0.3) is 0 Å². The molecule has 0 aliphatic carbocycles. The molecular weight excluding hydrogens is 340 g/mol. The van der Waals surface area contributed by atoms with Gasteiger partial charge in [-0.25, -0.2) is 0 Å². The Hall–Kier alpha value is -2.04. The first kappa shape index (κ1) is 19.7. The van der Waals surface area contributed by atoms with Gasteiger partial charge in [0, 0.05) is 19.5 Å². The maximum atomic E-state index is 13.1. The second-order valence-corrected chi connectivity index (χ2v) is 8.02. The minimum Gasteiger partial charge on any atom is -0.491 e. The van der Waals surface area contributed by atoms with Crippen LogP contribution in [0.5, 0.6) is 5.75 Å². The van der Waals surface area contributed by atoms with E-state index in [9.17, 15) is 9.59 Å². The molecule has 2 aliphatic heterocycles. The van der Waals surface area contributed by atoms with Crippen LogP contribution in [0.2, 0.25) is 0 Å². The molecule has 1 atom stereocenters. The predicted molar refractivity (Wildman–Crippen MR) is 106 cm³/mol. The van der Waals surface area contributed by atoms with Crippen LogP contribution < -0.4 is 10.1 Å². The molecule has 0 saturated carbocycles. The fourth-order valence-electron chi connectivity index (χ4n) is 4.26. The molecule has 2 heterocycles. The van der Waals surface area contributed by atoms with Gasteiger partial charge in [-0.1, -0.05) is 31.5 Å². The number of amides is 2. The van der Waals surface area contributed by atoms with Crippen LogP contribution in [0.1, 0.15) is 57.9 Å². The molecule has 1 aromatic carbocycles. The van der Waals surface area contributed by atoms with Gasteiger partial charge in [0.25, 0.3) is 0 Å². The third kappa shape index (κ3) is 4.63. The number of rotatable bonds is 1. The Morgan fingerprint density at radius 2 is 1.96 bits per heavy atom. The van der Waals surface area contributed by atoms with E-state index in [1.54, 1.807) is 0 Å². The summed E-state index contributed by atoms with van der Waals surface area (Å²) < 4.78 is 5.99. The fraction of sp³-hybridized carbons (Fsp3) is 0.636. The topological polar surface area (TPSA) is 58.6 Å². The first-order chi connectivity index (χ1) is 13.0. The van der Waals surface area contributed by atoms with E-state index in [1.807, 2.05) is 30.9 Å². The molecule has 27 heavy (non-hydrogen) atoms. The van der Waals surface area contributed by atoms with Crippen molar-refractivity contribution in [1.29, 1.82) is 0 Å². The van der Waals surface area contributed by atoms with E-state index < -0.39 is 0 Å². The quantitative estimate of drug-likeness (QED) is 0.823. The van der Waals surface area contributed by atoms with Crippen molar-refractivity contribution in [3.05, 3.63) is 29.8 Å². The van der Waals surface area contributed by atoms with Crippen molar-refractivity contribution in [1.82, 2.24) is 10.2 Å². The Morgan fingerprint density at radius 1 is 1.22 bits per heavy atom. The second-order valence-electron chi connectivity index (χ2n) is 8.02. The van der Waals surface area contributed by atoms with Crippen LogP contribution in [0.3, 0.4) is 0 Å². The smallest absolute Gasteiger partial charge is 0.226 e. The summed E-state index contributed by atoms with van der Waals surface area (Å²) in [5.74, 6) is 1.26. The SMILES string of the molecule is CCC(=O)N1CCC2(CCCCc3ccccc3OC[C@@H](C)NC2=O)CC1. The Balaban J connectivity index is 1.72. The number of carbonyl (C=O) groups is 2. The van der Waals surface area contributed by atoms with Gasteiger partial charge in [-0.2, -0.15) is 0 Å². The minimum atomic E-state index is -0.350. The number of piperidine rings is 1. The van der Waals surface area contributed by atoms with E-state index >= 15 is 0 Å². The molecular formula is C22H32N2O3. The number of nitrogens with one attached hydrogen (secondary N) is 1. The van der Waals surface area contributed by atoms with E-state index in [2.05, 4.69) is 17.4 Å². The van der Waals surface area contributed by atoms with E-state index in [0.29, 0.717) is 26.1 Å². The molecule has 5 nitrogen and oxygen atoms in total. The molecule has 5 heteroatoms. The highest BCUT2D eigenvalue weighted by Gasteiger charge is 2.41. The lowest BCUT2D eigenvalue weighted by molar-refractivity contribution is -0.141. The van der Waals surface area contributed by atoms with E-state index in [1.165, 1.54) is 5.56 Å². The molecule has 2 amide bonds. The number of benzene rings is 1. The van der Waals surface area contributed by atoms with Gasteiger partial charge in [-0.05, 0) is 50.7 Å². The Labute approximate surface area is 162 Å². The standard InChI is InChI=1S/C22H32N2O3/c1-3-20(25)24-14-12-22(13-15-24)11-7-6-9-18-8-4-5-10-19(18)27-16-17(2)23-21(22)26/h4-5,8,10,17H,3,6-7,9,11-16H2,1-2H3,(H,23,26)/t17-/m1/s1. The lowest BCUT2D eigenvalue weighted by atomic mass is 9.73. The summed E-state index contributed by atoms with van der Waals surface area (Å²) in [5.41, 5.74) is 0.895. The summed E-state index contributed by atoms with van der Waals surface area (Å²) in [5, 5.41) is 3.18. The van der Waals surface area contributed by atoms with Gasteiger partial charge in [-0.3, -0.25) is 9.59 Å². The molecule has 1 spiro atoms. The molecule has 3 rings (SSSR count). The van der Waals surface area contributed by atoms with Crippen molar-refractivity contribution in [3.63, 3.8) is 0 Å². The molecule has 2 aliphatic rings. The normalized spacial score (nSPS) is 23.4. The van der Waals surface area contributed by atoms with Gasteiger partial charge >= 0.3 is 0 Å². The number of nitrogens with zero attached hydrogens (tertiary/aromatic N) is 1. The second kappa shape index (κ2) is 8.77. The van der Waals surface area contributed by atoms with Crippen LogP contribution in [-0.2, 0) is 16.0 Å². The minimum absolute atomic E-state index is 0.0443. The van der Waals surface area contributed by atoms with Crippen LogP contribution in [-0.4, -0.2) is 42.5 Å². The summed E-state index contributed by atoms with van der Waals surface area (Å²) >= 11 is 0. The highest BCUT2D eigenvalue weighted by Crippen LogP contribution is 2.38. The van der Waals surface area contributed by atoms with Crippen LogP contribution in [0.15, 0.2) is 24.3 Å². The van der Waals surface area contributed by atoms with Crippen molar-refractivity contribution >= 4 is 11.8 Å². The molecule has 0 bridgehead atoms. The van der Waals surface area contributed by atoms with Crippen molar-refractivity contribution in [3.8, 4) is 5.75 Å². The average molecular weight is 373 g/mol. The zero-order valence-corrected chi connectivity index (χ0v) is 16.6. The molecule has 0 radical (unpaired) electrons. The summed E-state index contributed by atoms with van der Waals surface area (Å²) in [6, 6.07) is 8.15. The van der Waals surface area contributed by atoms with Crippen molar-refractivity contribution in [2.45, 2.75) is 64.8 Å². The summed E-state index contributed by atoms with van der Waals surface area (Å²) in [6.07, 6.45) is 5.97. The van der Waals surface area contributed by atoms with Crippen molar-refractivity contribution in [2.75, 3.05) is 19.7 Å². The monoisotopic (exact) mass is 372 g/mol. The molecule has 148 valence electrons. The molecule has 1 saturated heterocycles. The number of hydrogen-bond acceptors (Lipinski definition) is 3. The zero-order valence-electron chi connectivity index (χ0n) is 16.6.